The molecule has 1 aromatic rings. The summed E-state index contributed by atoms with van der Waals surface area (Å²) in [4.78, 5) is 2.64. The third kappa shape index (κ3) is 2.73. The van der Waals surface area contributed by atoms with Crippen LogP contribution < -0.4 is 5.32 Å². The molecule has 1 aromatic heterocycles. The molecule has 0 saturated carbocycles. The second-order valence-electron chi connectivity index (χ2n) is 3.28. The van der Waals surface area contributed by atoms with E-state index in [1.54, 1.807) is 10.9 Å². The monoisotopic (exact) mass is 219 g/mol. The van der Waals surface area contributed by atoms with Crippen LogP contribution in [0.2, 0.25) is 0 Å². The molecule has 0 spiro atoms. The van der Waals surface area contributed by atoms with Crippen LogP contribution >= 0.6 is 0 Å². The van der Waals surface area contributed by atoms with Crippen molar-refractivity contribution < 1.29 is 0 Å². The fourth-order valence-corrected chi connectivity index (χ4v) is 1.33. The van der Waals surface area contributed by atoms with Crippen molar-refractivity contribution in [3.63, 3.8) is 0 Å². The van der Waals surface area contributed by atoms with Gasteiger partial charge in [-0.15, -0.1) is 0 Å². The summed E-state index contributed by atoms with van der Waals surface area (Å²) in [5.74, 6) is 0. The lowest BCUT2D eigenvalue weighted by molar-refractivity contribution is 0.630. The van der Waals surface area contributed by atoms with Gasteiger partial charge >= 0.3 is 0 Å². The summed E-state index contributed by atoms with van der Waals surface area (Å²) in [5, 5.41) is 19.5. The highest BCUT2D eigenvalue weighted by molar-refractivity contribution is 5.25. The molecule has 0 aromatic carbocycles. The van der Waals surface area contributed by atoms with Crippen LogP contribution in [0.15, 0.2) is 11.3 Å². The predicted octanol–water partition coefficient (Wildman–Crippen LogP) is 1.19. The van der Waals surface area contributed by atoms with Gasteiger partial charge in [-0.2, -0.15) is 10.4 Å². The first-order chi connectivity index (χ1) is 7.70. The van der Waals surface area contributed by atoms with Gasteiger partial charge in [0.15, 0.2) is 0 Å². The third-order valence-electron chi connectivity index (χ3n) is 2.34. The van der Waals surface area contributed by atoms with Crippen molar-refractivity contribution in [3.8, 4) is 6.07 Å². The van der Waals surface area contributed by atoms with Gasteiger partial charge in [-0.05, 0) is 12.5 Å². The molecule has 0 aliphatic rings. The third-order valence-corrected chi connectivity index (χ3v) is 2.34. The molecule has 0 aliphatic carbocycles. The lowest BCUT2D eigenvalue weighted by Crippen LogP contribution is -2.23. The van der Waals surface area contributed by atoms with Gasteiger partial charge in [-0.3, -0.25) is 10.00 Å². The van der Waals surface area contributed by atoms with Crippen LogP contribution in [0.3, 0.4) is 0 Å². The van der Waals surface area contributed by atoms with E-state index in [2.05, 4.69) is 26.5 Å². The van der Waals surface area contributed by atoms with Crippen LogP contribution in [0, 0.1) is 18.3 Å². The van der Waals surface area contributed by atoms with Crippen LogP contribution in [0.5, 0.6) is 0 Å². The predicted molar refractivity (Wildman–Crippen MR) is 58.3 cm³/mol. The molecule has 0 bridgehead atoms. The largest absolute Gasteiger partial charge is 0.298 e. The Morgan fingerprint density at radius 3 is 3.06 bits per heavy atom. The van der Waals surface area contributed by atoms with Crippen molar-refractivity contribution in [3.05, 3.63) is 27.9 Å². The Morgan fingerprint density at radius 2 is 2.56 bits per heavy atom. The molecule has 1 heterocycles. The Bertz CT molecular complexity index is 435. The number of azide groups is 1. The van der Waals surface area contributed by atoms with E-state index in [1.807, 2.05) is 14.0 Å². The zero-order valence-electron chi connectivity index (χ0n) is 9.25. The first-order valence-corrected chi connectivity index (χ1v) is 4.83. The zero-order valence-corrected chi connectivity index (χ0v) is 9.25. The fraction of sp³-hybridized carbons (Fsp3) is 0.556. The van der Waals surface area contributed by atoms with Crippen LogP contribution in [-0.4, -0.2) is 22.9 Å². The first-order valence-electron chi connectivity index (χ1n) is 4.83. The highest BCUT2D eigenvalue weighted by Crippen LogP contribution is 2.15. The molecule has 1 N–H and O–H groups in total. The van der Waals surface area contributed by atoms with Gasteiger partial charge in [0.25, 0.3) is 0 Å². The van der Waals surface area contributed by atoms with Crippen LogP contribution in [-0.2, 0) is 7.05 Å². The van der Waals surface area contributed by atoms with E-state index in [0.29, 0.717) is 13.1 Å². The van der Waals surface area contributed by atoms with Crippen molar-refractivity contribution in [2.45, 2.75) is 13.0 Å². The maximum Gasteiger partial charge on any atom is 0.124 e. The Labute approximate surface area is 93.3 Å². The Kier molecular flexibility index (Phi) is 4.33. The highest BCUT2D eigenvalue weighted by Gasteiger charge is 2.14. The second kappa shape index (κ2) is 5.75. The minimum atomic E-state index is -0.414. The van der Waals surface area contributed by atoms with Gasteiger partial charge in [0.05, 0.1) is 12.3 Å². The summed E-state index contributed by atoms with van der Waals surface area (Å²) >= 11 is 0. The standard InChI is InChI=1S/C9H13N7/c1-7-8(6-14-16(7)2)9(5-10)12-3-4-13-15-11/h6,9,12H,3-4H2,1-2H3. The molecule has 7 heteroatoms. The number of rotatable bonds is 5. The van der Waals surface area contributed by atoms with Crippen molar-refractivity contribution in [2.24, 2.45) is 12.2 Å². The molecule has 0 aliphatic heterocycles. The summed E-state index contributed by atoms with van der Waals surface area (Å²) in [6.45, 7) is 2.70. The van der Waals surface area contributed by atoms with Crippen molar-refractivity contribution in [1.29, 1.82) is 5.26 Å². The SMILES string of the molecule is Cc1c(C(C#N)NCCN=[N+]=[N-])cnn1C. The summed E-state index contributed by atoms with van der Waals surface area (Å²) in [6, 6.07) is 1.74. The number of hydrogen-bond donors (Lipinski definition) is 1. The molecule has 0 amide bonds. The molecular formula is C9H13N7. The second-order valence-corrected chi connectivity index (χ2v) is 3.28. The van der Waals surface area contributed by atoms with Crippen molar-refractivity contribution >= 4 is 0 Å². The van der Waals surface area contributed by atoms with Gasteiger partial charge < -0.3 is 0 Å². The summed E-state index contributed by atoms with van der Waals surface area (Å²) in [6.07, 6.45) is 1.67. The molecule has 7 nitrogen and oxygen atoms in total. The van der Waals surface area contributed by atoms with Gasteiger partial charge in [-0.1, -0.05) is 5.11 Å². The summed E-state index contributed by atoms with van der Waals surface area (Å²) in [7, 11) is 1.83. The van der Waals surface area contributed by atoms with Gasteiger partial charge in [-0.25, -0.2) is 0 Å². The maximum absolute atomic E-state index is 9.02. The minimum absolute atomic E-state index is 0.327. The molecule has 0 fully saturated rings. The topological polar surface area (TPSA) is 102 Å². The maximum atomic E-state index is 9.02. The van der Waals surface area contributed by atoms with Gasteiger partial charge in [0.1, 0.15) is 6.04 Å². The molecule has 0 radical (unpaired) electrons. The van der Waals surface area contributed by atoms with Crippen LogP contribution in [0.25, 0.3) is 10.4 Å². The van der Waals surface area contributed by atoms with E-state index in [1.165, 1.54) is 0 Å². The molecule has 1 unspecified atom stereocenters. The van der Waals surface area contributed by atoms with E-state index in [9.17, 15) is 0 Å². The smallest absolute Gasteiger partial charge is 0.124 e. The lowest BCUT2D eigenvalue weighted by Gasteiger charge is -2.09. The Morgan fingerprint density at radius 1 is 1.81 bits per heavy atom. The minimum Gasteiger partial charge on any atom is -0.298 e. The molecule has 0 saturated heterocycles. The van der Waals surface area contributed by atoms with Gasteiger partial charge in [0, 0.05) is 36.3 Å². The van der Waals surface area contributed by atoms with Crippen molar-refractivity contribution in [1.82, 2.24) is 15.1 Å². The molecule has 1 atom stereocenters. The normalized spacial score (nSPS) is 11.6. The quantitative estimate of drug-likeness (QED) is 0.348. The van der Waals surface area contributed by atoms with Gasteiger partial charge in [0.2, 0.25) is 0 Å². The Balaban J connectivity index is 2.65. The van der Waals surface area contributed by atoms with E-state index in [0.717, 1.165) is 11.3 Å². The molecule has 84 valence electrons. The number of aromatic nitrogens is 2. The highest BCUT2D eigenvalue weighted by atomic mass is 15.3. The summed E-state index contributed by atoms with van der Waals surface area (Å²) < 4.78 is 1.72. The average molecular weight is 219 g/mol. The van der Waals surface area contributed by atoms with E-state index < -0.39 is 6.04 Å². The average Bonchev–Trinajstić information content (AvgIpc) is 2.61. The van der Waals surface area contributed by atoms with E-state index in [-0.39, 0.29) is 0 Å². The van der Waals surface area contributed by atoms with E-state index in [4.69, 9.17) is 10.8 Å². The fourth-order valence-electron chi connectivity index (χ4n) is 1.33. The molecular weight excluding hydrogens is 206 g/mol. The Hall–Kier alpha value is -2.03. The molecule has 16 heavy (non-hydrogen) atoms. The number of nitrogens with zero attached hydrogens (tertiary/aromatic N) is 6. The molecule has 1 rings (SSSR count). The number of hydrogen-bond acceptors (Lipinski definition) is 4. The van der Waals surface area contributed by atoms with Crippen LogP contribution in [0.1, 0.15) is 17.3 Å². The lowest BCUT2D eigenvalue weighted by atomic mass is 10.1. The first kappa shape index (κ1) is 12.0. The number of nitriles is 1. The number of nitrogens with one attached hydrogen (secondary N) is 1. The zero-order chi connectivity index (χ0) is 12.0. The van der Waals surface area contributed by atoms with E-state index >= 15 is 0 Å². The number of aryl methyl sites for hydroxylation is 1. The van der Waals surface area contributed by atoms with Crippen molar-refractivity contribution in [2.75, 3.05) is 13.1 Å². The van der Waals surface area contributed by atoms with Crippen LogP contribution in [0.4, 0.5) is 0 Å². The summed E-state index contributed by atoms with van der Waals surface area (Å²) in [5.41, 5.74) is 9.91.